The average molecular weight is 233 g/mol. The maximum absolute atomic E-state index is 11.0. The second-order valence-corrected chi connectivity index (χ2v) is 4.75. The number of carbonyl (C=O) groups excluding carboxylic acids is 1. The van der Waals surface area contributed by atoms with Gasteiger partial charge in [0.05, 0.1) is 0 Å². The first-order chi connectivity index (χ1) is 8.11. The van der Waals surface area contributed by atoms with Crippen molar-refractivity contribution in [1.82, 2.24) is 0 Å². The molecule has 4 nitrogen and oxygen atoms in total. The Kier molecular flexibility index (Phi) is 3.33. The normalized spacial score (nSPS) is 24.0. The largest absolute Gasteiger partial charge is 0.368 e. The zero-order valence-electron chi connectivity index (χ0n) is 10.1. The van der Waals surface area contributed by atoms with Crippen molar-refractivity contribution in [3.63, 3.8) is 0 Å². The highest BCUT2D eigenvalue weighted by Gasteiger charge is 2.28. The van der Waals surface area contributed by atoms with Gasteiger partial charge in [-0.3, -0.25) is 4.79 Å². The molecule has 1 saturated heterocycles. The summed E-state index contributed by atoms with van der Waals surface area (Å²) in [6.45, 7) is 3.94. The molecule has 2 atom stereocenters. The van der Waals surface area contributed by atoms with Crippen molar-refractivity contribution in [2.45, 2.75) is 19.4 Å². The Labute approximate surface area is 102 Å². The molecule has 0 bridgehead atoms. The first-order valence-corrected chi connectivity index (χ1v) is 5.98. The fourth-order valence-corrected chi connectivity index (χ4v) is 2.49. The molecule has 1 aromatic rings. The lowest BCUT2D eigenvalue weighted by atomic mass is 10.1. The molecule has 2 unspecified atom stereocenters. The highest BCUT2D eigenvalue weighted by atomic mass is 16.1. The third-order valence-electron chi connectivity index (χ3n) is 3.48. The maximum Gasteiger partial charge on any atom is 0.248 e. The SMILES string of the molecule is CC1CC(CN)CN1c1ccc(C(N)=O)cc1. The second kappa shape index (κ2) is 4.75. The number of amides is 1. The fourth-order valence-electron chi connectivity index (χ4n) is 2.49. The van der Waals surface area contributed by atoms with Crippen molar-refractivity contribution >= 4 is 11.6 Å². The van der Waals surface area contributed by atoms with E-state index in [9.17, 15) is 4.79 Å². The summed E-state index contributed by atoms with van der Waals surface area (Å²) in [7, 11) is 0. The van der Waals surface area contributed by atoms with Crippen LogP contribution in [0.3, 0.4) is 0 Å². The van der Waals surface area contributed by atoms with Crippen LogP contribution in [0.1, 0.15) is 23.7 Å². The van der Waals surface area contributed by atoms with Crippen LogP contribution in [0.4, 0.5) is 5.69 Å². The number of nitrogens with zero attached hydrogens (tertiary/aromatic N) is 1. The summed E-state index contributed by atoms with van der Waals surface area (Å²) in [5, 5.41) is 0. The van der Waals surface area contributed by atoms with Gasteiger partial charge in [0, 0.05) is 23.8 Å². The van der Waals surface area contributed by atoms with Crippen LogP contribution in [-0.2, 0) is 0 Å². The van der Waals surface area contributed by atoms with Gasteiger partial charge in [-0.05, 0) is 50.1 Å². The van der Waals surface area contributed by atoms with Crippen LogP contribution in [0.15, 0.2) is 24.3 Å². The number of carbonyl (C=O) groups is 1. The topological polar surface area (TPSA) is 72.3 Å². The smallest absolute Gasteiger partial charge is 0.248 e. The summed E-state index contributed by atoms with van der Waals surface area (Å²) in [6, 6.07) is 7.97. The van der Waals surface area contributed by atoms with Gasteiger partial charge in [0.25, 0.3) is 0 Å². The summed E-state index contributed by atoms with van der Waals surface area (Å²) >= 11 is 0. The lowest BCUT2D eigenvalue weighted by molar-refractivity contribution is 0.100. The molecule has 0 saturated carbocycles. The highest BCUT2D eigenvalue weighted by molar-refractivity contribution is 5.93. The zero-order chi connectivity index (χ0) is 12.4. The molecule has 0 aromatic heterocycles. The van der Waals surface area contributed by atoms with Gasteiger partial charge in [-0.2, -0.15) is 0 Å². The Hall–Kier alpha value is -1.55. The van der Waals surface area contributed by atoms with Crippen LogP contribution in [0.5, 0.6) is 0 Å². The Morgan fingerprint density at radius 1 is 1.41 bits per heavy atom. The first-order valence-electron chi connectivity index (χ1n) is 5.98. The van der Waals surface area contributed by atoms with E-state index in [-0.39, 0.29) is 5.91 Å². The van der Waals surface area contributed by atoms with Crippen LogP contribution < -0.4 is 16.4 Å². The molecule has 1 heterocycles. The van der Waals surface area contributed by atoms with E-state index in [2.05, 4.69) is 11.8 Å². The third kappa shape index (κ3) is 2.42. The predicted molar refractivity (Wildman–Crippen MR) is 68.9 cm³/mol. The van der Waals surface area contributed by atoms with E-state index in [1.807, 2.05) is 12.1 Å². The second-order valence-electron chi connectivity index (χ2n) is 4.75. The van der Waals surface area contributed by atoms with Gasteiger partial charge in [0.15, 0.2) is 0 Å². The van der Waals surface area contributed by atoms with Crippen LogP contribution in [-0.4, -0.2) is 25.0 Å². The van der Waals surface area contributed by atoms with E-state index in [0.717, 1.165) is 25.2 Å². The van der Waals surface area contributed by atoms with Gasteiger partial charge < -0.3 is 16.4 Å². The number of nitrogens with two attached hydrogens (primary N) is 2. The predicted octanol–water partition coefficient (Wildman–Crippen LogP) is 0.959. The van der Waals surface area contributed by atoms with Crippen molar-refractivity contribution in [3.8, 4) is 0 Å². The monoisotopic (exact) mass is 233 g/mol. The molecular formula is C13H19N3O. The standard InChI is InChI=1S/C13H19N3O/c1-9-6-10(7-14)8-16(9)12-4-2-11(3-5-12)13(15)17/h2-5,9-10H,6-8,14H2,1H3,(H2,15,17). The number of rotatable bonds is 3. The average Bonchev–Trinajstić information content (AvgIpc) is 2.71. The van der Waals surface area contributed by atoms with E-state index in [4.69, 9.17) is 11.5 Å². The van der Waals surface area contributed by atoms with E-state index < -0.39 is 0 Å². The van der Waals surface area contributed by atoms with E-state index in [0.29, 0.717) is 17.5 Å². The minimum absolute atomic E-state index is 0.383. The van der Waals surface area contributed by atoms with Crippen molar-refractivity contribution in [2.75, 3.05) is 18.0 Å². The quantitative estimate of drug-likeness (QED) is 0.816. The Bertz CT molecular complexity index is 402. The molecule has 1 aliphatic rings. The van der Waals surface area contributed by atoms with Crippen LogP contribution in [0.2, 0.25) is 0 Å². The fraction of sp³-hybridized carbons (Fsp3) is 0.462. The van der Waals surface area contributed by atoms with Crippen LogP contribution in [0.25, 0.3) is 0 Å². The molecule has 92 valence electrons. The number of anilines is 1. The van der Waals surface area contributed by atoms with Crippen LogP contribution in [0, 0.1) is 5.92 Å². The molecule has 4 heteroatoms. The van der Waals surface area contributed by atoms with Gasteiger partial charge in [-0.25, -0.2) is 0 Å². The van der Waals surface area contributed by atoms with Crippen molar-refractivity contribution in [1.29, 1.82) is 0 Å². The van der Waals surface area contributed by atoms with Gasteiger partial charge in [0.1, 0.15) is 0 Å². The first kappa shape index (κ1) is 11.9. The lowest BCUT2D eigenvalue weighted by Gasteiger charge is -2.24. The van der Waals surface area contributed by atoms with E-state index in [1.54, 1.807) is 12.1 Å². The molecule has 0 spiro atoms. The summed E-state index contributed by atoms with van der Waals surface area (Å²) in [5.41, 5.74) is 12.6. The van der Waals surface area contributed by atoms with E-state index >= 15 is 0 Å². The van der Waals surface area contributed by atoms with Crippen molar-refractivity contribution in [2.24, 2.45) is 17.4 Å². The minimum Gasteiger partial charge on any atom is -0.368 e. The van der Waals surface area contributed by atoms with E-state index in [1.165, 1.54) is 0 Å². The van der Waals surface area contributed by atoms with Crippen molar-refractivity contribution in [3.05, 3.63) is 29.8 Å². The number of hydrogen-bond donors (Lipinski definition) is 2. The Morgan fingerprint density at radius 2 is 2.06 bits per heavy atom. The molecule has 17 heavy (non-hydrogen) atoms. The Balaban J connectivity index is 2.15. The van der Waals surface area contributed by atoms with Gasteiger partial charge in [0.2, 0.25) is 5.91 Å². The molecule has 1 aromatic carbocycles. The molecule has 1 amide bonds. The molecular weight excluding hydrogens is 214 g/mol. The number of primary amides is 1. The summed E-state index contributed by atoms with van der Waals surface area (Å²) in [5.74, 6) is 0.187. The highest BCUT2D eigenvalue weighted by Crippen LogP contribution is 2.28. The van der Waals surface area contributed by atoms with Gasteiger partial charge in [-0.15, -0.1) is 0 Å². The third-order valence-corrected chi connectivity index (χ3v) is 3.48. The molecule has 0 aliphatic carbocycles. The van der Waals surface area contributed by atoms with Gasteiger partial charge >= 0.3 is 0 Å². The van der Waals surface area contributed by atoms with Crippen molar-refractivity contribution < 1.29 is 4.79 Å². The minimum atomic E-state index is -0.383. The maximum atomic E-state index is 11.0. The van der Waals surface area contributed by atoms with Crippen LogP contribution >= 0.6 is 0 Å². The molecule has 1 aliphatic heterocycles. The Morgan fingerprint density at radius 3 is 2.53 bits per heavy atom. The van der Waals surface area contributed by atoms with Gasteiger partial charge in [-0.1, -0.05) is 0 Å². The summed E-state index contributed by atoms with van der Waals surface area (Å²) < 4.78 is 0. The summed E-state index contributed by atoms with van der Waals surface area (Å²) in [4.78, 5) is 13.3. The number of hydrogen-bond acceptors (Lipinski definition) is 3. The zero-order valence-corrected chi connectivity index (χ0v) is 10.1. The molecule has 2 rings (SSSR count). The molecule has 4 N–H and O–H groups in total. The molecule has 1 fully saturated rings. The summed E-state index contributed by atoms with van der Waals surface area (Å²) in [6.07, 6.45) is 1.13. The lowest BCUT2D eigenvalue weighted by Crippen LogP contribution is -2.27. The number of benzene rings is 1. The molecule has 0 radical (unpaired) electrons.